The quantitative estimate of drug-likeness (QED) is 0.870. The molecule has 1 atom stereocenters. The molecule has 126 valence electrons. The van der Waals surface area contributed by atoms with E-state index in [0.717, 1.165) is 0 Å². The number of ether oxygens (including phenoxy) is 1. The van der Waals surface area contributed by atoms with Crippen LogP contribution in [0.1, 0.15) is 31.1 Å². The van der Waals surface area contributed by atoms with Crippen molar-refractivity contribution in [1.29, 1.82) is 0 Å². The Morgan fingerprint density at radius 1 is 1.39 bits per heavy atom. The molecule has 1 aliphatic rings. The number of nitrogens with one attached hydrogen (secondary N) is 2. The number of hydrogen-bond donors (Lipinski definition) is 2. The summed E-state index contributed by atoms with van der Waals surface area (Å²) in [7, 11) is 1.54. The van der Waals surface area contributed by atoms with Gasteiger partial charge in [0.2, 0.25) is 0 Å². The standard InChI is InChI=1S/C16H22ClN3O3/c1-10-8-20(9-16(2,3)23-10)15(22)19-11-5-6-12(13(17)7-11)14(21)18-4/h5-7,10H,8-9H2,1-4H3,(H,18,21)(H,19,22). The van der Waals surface area contributed by atoms with Gasteiger partial charge in [-0.1, -0.05) is 11.6 Å². The van der Waals surface area contributed by atoms with Crippen LogP contribution in [0, 0.1) is 0 Å². The molecule has 23 heavy (non-hydrogen) atoms. The minimum Gasteiger partial charge on any atom is -0.369 e. The lowest BCUT2D eigenvalue weighted by molar-refractivity contribution is -0.116. The molecule has 0 bridgehead atoms. The largest absolute Gasteiger partial charge is 0.369 e. The average molecular weight is 340 g/mol. The number of nitrogens with zero attached hydrogens (tertiary/aromatic N) is 1. The highest BCUT2D eigenvalue weighted by atomic mass is 35.5. The number of benzene rings is 1. The van der Waals surface area contributed by atoms with E-state index in [1.165, 1.54) is 7.05 Å². The van der Waals surface area contributed by atoms with Gasteiger partial charge in [-0.3, -0.25) is 4.79 Å². The van der Waals surface area contributed by atoms with Gasteiger partial charge in [0.15, 0.2) is 0 Å². The molecule has 0 spiro atoms. The van der Waals surface area contributed by atoms with Gasteiger partial charge in [0, 0.05) is 19.3 Å². The predicted octanol–water partition coefficient (Wildman–Crippen LogP) is 2.73. The third-order valence-electron chi connectivity index (χ3n) is 3.55. The lowest BCUT2D eigenvalue weighted by Gasteiger charge is -2.41. The Bertz CT molecular complexity index is 619. The Morgan fingerprint density at radius 3 is 2.65 bits per heavy atom. The Morgan fingerprint density at radius 2 is 2.09 bits per heavy atom. The molecule has 1 saturated heterocycles. The summed E-state index contributed by atoms with van der Waals surface area (Å²) in [6.45, 7) is 6.89. The monoisotopic (exact) mass is 339 g/mol. The fourth-order valence-electron chi connectivity index (χ4n) is 2.72. The molecule has 6 nitrogen and oxygen atoms in total. The summed E-state index contributed by atoms with van der Waals surface area (Å²) in [6, 6.07) is 4.60. The first-order valence-electron chi connectivity index (χ1n) is 7.47. The first-order chi connectivity index (χ1) is 10.7. The van der Waals surface area contributed by atoms with Crippen molar-refractivity contribution in [3.8, 4) is 0 Å². The molecule has 0 radical (unpaired) electrons. The molecule has 1 aliphatic heterocycles. The summed E-state index contributed by atoms with van der Waals surface area (Å²) < 4.78 is 5.79. The van der Waals surface area contributed by atoms with E-state index in [4.69, 9.17) is 16.3 Å². The van der Waals surface area contributed by atoms with E-state index in [0.29, 0.717) is 24.3 Å². The van der Waals surface area contributed by atoms with Crippen LogP contribution in [-0.2, 0) is 4.74 Å². The van der Waals surface area contributed by atoms with Crippen molar-refractivity contribution in [3.63, 3.8) is 0 Å². The predicted molar refractivity (Wildman–Crippen MR) is 90.1 cm³/mol. The number of carbonyl (C=O) groups is 2. The van der Waals surface area contributed by atoms with Gasteiger partial charge in [-0.05, 0) is 39.0 Å². The van der Waals surface area contributed by atoms with Gasteiger partial charge < -0.3 is 20.3 Å². The van der Waals surface area contributed by atoms with E-state index >= 15 is 0 Å². The molecule has 2 N–H and O–H groups in total. The molecule has 1 fully saturated rings. The average Bonchev–Trinajstić information content (AvgIpc) is 2.44. The van der Waals surface area contributed by atoms with Crippen LogP contribution in [-0.4, -0.2) is 48.7 Å². The molecule has 1 aromatic rings. The van der Waals surface area contributed by atoms with Gasteiger partial charge in [-0.2, -0.15) is 0 Å². The molecule has 2 rings (SSSR count). The number of rotatable bonds is 2. The van der Waals surface area contributed by atoms with Crippen LogP contribution in [0.15, 0.2) is 18.2 Å². The van der Waals surface area contributed by atoms with E-state index in [-0.39, 0.29) is 28.7 Å². The maximum atomic E-state index is 12.4. The number of hydrogen-bond acceptors (Lipinski definition) is 3. The Labute approximate surface area is 141 Å². The summed E-state index contributed by atoms with van der Waals surface area (Å²) in [5, 5.41) is 5.61. The van der Waals surface area contributed by atoms with Crippen LogP contribution in [0.2, 0.25) is 5.02 Å². The Hall–Kier alpha value is -1.79. The highest BCUT2D eigenvalue weighted by molar-refractivity contribution is 6.34. The summed E-state index contributed by atoms with van der Waals surface area (Å²) in [5.74, 6) is -0.267. The first-order valence-corrected chi connectivity index (χ1v) is 7.85. The molecule has 0 aliphatic carbocycles. The first kappa shape index (κ1) is 17.6. The third kappa shape index (κ3) is 4.36. The zero-order valence-electron chi connectivity index (χ0n) is 13.8. The van der Waals surface area contributed by atoms with Crippen molar-refractivity contribution < 1.29 is 14.3 Å². The highest BCUT2D eigenvalue weighted by Crippen LogP contribution is 2.24. The highest BCUT2D eigenvalue weighted by Gasteiger charge is 2.33. The van der Waals surface area contributed by atoms with Crippen LogP contribution in [0.5, 0.6) is 0 Å². The van der Waals surface area contributed by atoms with Crippen LogP contribution < -0.4 is 10.6 Å². The van der Waals surface area contributed by atoms with Crippen molar-refractivity contribution >= 4 is 29.2 Å². The van der Waals surface area contributed by atoms with Crippen molar-refractivity contribution in [2.75, 3.05) is 25.5 Å². The van der Waals surface area contributed by atoms with Crippen LogP contribution in [0.25, 0.3) is 0 Å². The van der Waals surface area contributed by atoms with Crippen LogP contribution in [0.3, 0.4) is 0 Å². The molecule has 3 amide bonds. The molecule has 0 aromatic heterocycles. The van der Waals surface area contributed by atoms with Crippen LogP contribution in [0.4, 0.5) is 10.5 Å². The molecule has 1 unspecified atom stereocenters. The molecule has 7 heteroatoms. The number of carbonyl (C=O) groups excluding carboxylic acids is 2. The van der Waals surface area contributed by atoms with E-state index in [2.05, 4.69) is 10.6 Å². The summed E-state index contributed by atoms with van der Waals surface area (Å²) in [5.41, 5.74) is 0.535. The van der Waals surface area contributed by atoms with Gasteiger partial charge in [-0.15, -0.1) is 0 Å². The van der Waals surface area contributed by atoms with Gasteiger partial charge in [0.25, 0.3) is 5.91 Å². The normalized spacial score (nSPS) is 20.0. The molecule has 1 aromatic carbocycles. The molecule has 1 heterocycles. The van der Waals surface area contributed by atoms with Gasteiger partial charge in [-0.25, -0.2) is 4.79 Å². The molecule has 0 saturated carbocycles. The van der Waals surface area contributed by atoms with Crippen molar-refractivity contribution in [2.45, 2.75) is 32.5 Å². The van der Waals surface area contributed by atoms with E-state index in [1.807, 2.05) is 20.8 Å². The summed E-state index contributed by atoms with van der Waals surface area (Å²) in [4.78, 5) is 25.8. The second kappa shape index (κ2) is 6.76. The second-order valence-electron chi connectivity index (χ2n) is 6.27. The number of anilines is 1. The molecular formula is C16H22ClN3O3. The second-order valence-corrected chi connectivity index (χ2v) is 6.68. The zero-order valence-corrected chi connectivity index (χ0v) is 14.5. The molecular weight excluding hydrogens is 318 g/mol. The zero-order chi connectivity index (χ0) is 17.2. The van der Waals surface area contributed by atoms with Crippen molar-refractivity contribution in [2.24, 2.45) is 0 Å². The number of amides is 3. The van der Waals surface area contributed by atoms with Gasteiger partial charge in [0.05, 0.1) is 28.8 Å². The number of urea groups is 1. The Balaban J connectivity index is 2.08. The van der Waals surface area contributed by atoms with Crippen molar-refractivity contribution in [1.82, 2.24) is 10.2 Å². The smallest absolute Gasteiger partial charge is 0.322 e. The van der Waals surface area contributed by atoms with Crippen LogP contribution >= 0.6 is 11.6 Å². The number of halogens is 1. The fourth-order valence-corrected chi connectivity index (χ4v) is 2.99. The Kier molecular flexibility index (Phi) is 5.16. The summed E-state index contributed by atoms with van der Waals surface area (Å²) in [6.07, 6.45) is -0.0243. The minimum atomic E-state index is -0.379. The minimum absolute atomic E-state index is 0.0243. The lowest BCUT2D eigenvalue weighted by atomic mass is 10.1. The third-order valence-corrected chi connectivity index (χ3v) is 3.86. The van der Waals surface area contributed by atoms with E-state index < -0.39 is 0 Å². The maximum absolute atomic E-state index is 12.4. The van der Waals surface area contributed by atoms with E-state index in [9.17, 15) is 9.59 Å². The van der Waals surface area contributed by atoms with Crippen molar-refractivity contribution in [3.05, 3.63) is 28.8 Å². The fraction of sp³-hybridized carbons (Fsp3) is 0.500. The van der Waals surface area contributed by atoms with E-state index in [1.54, 1.807) is 23.1 Å². The van der Waals surface area contributed by atoms with Gasteiger partial charge in [0.1, 0.15) is 0 Å². The maximum Gasteiger partial charge on any atom is 0.322 e. The van der Waals surface area contributed by atoms with Gasteiger partial charge >= 0.3 is 6.03 Å². The summed E-state index contributed by atoms with van der Waals surface area (Å²) >= 11 is 6.10. The topological polar surface area (TPSA) is 70.7 Å². The lowest BCUT2D eigenvalue weighted by Crippen LogP contribution is -2.54. The SMILES string of the molecule is CNC(=O)c1ccc(NC(=O)N2CC(C)OC(C)(C)C2)cc1Cl. The number of morpholine rings is 1.